The second-order valence-corrected chi connectivity index (χ2v) is 5.85. The minimum absolute atomic E-state index is 0.170. The van der Waals surface area contributed by atoms with Gasteiger partial charge in [-0.15, -0.1) is 0 Å². The van der Waals surface area contributed by atoms with Crippen molar-refractivity contribution in [2.24, 2.45) is 5.10 Å². The summed E-state index contributed by atoms with van der Waals surface area (Å²) in [5.41, 5.74) is 10.3. The van der Waals surface area contributed by atoms with Gasteiger partial charge in [-0.3, -0.25) is 4.79 Å². The van der Waals surface area contributed by atoms with Crippen molar-refractivity contribution in [1.29, 1.82) is 0 Å². The Morgan fingerprint density at radius 3 is 2.58 bits per heavy atom. The molecule has 0 heterocycles. The molecule has 0 fully saturated rings. The summed E-state index contributed by atoms with van der Waals surface area (Å²) >= 11 is 3.34. The van der Waals surface area contributed by atoms with Crippen LogP contribution in [-0.2, 0) is 4.79 Å². The molecule has 0 aliphatic rings. The molecule has 1 amide bonds. The van der Waals surface area contributed by atoms with Gasteiger partial charge in [0.2, 0.25) is 0 Å². The Morgan fingerprint density at radius 2 is 1.92 bits per heavy atom. The lowest BCUT2D eigenvalue weighted by Crippen LogP contribution is -2.25. The standard InChI is InChI=1S/C17H18BrN3O3/c1-11(12-3-6-14(19)7-4-12)20-21-17(22)10-24-15-8-5-13(18)9-16(15)23-2/h3-9H,10,19H2,1-2H3,(H,21,22)/b20-11-. The fraction of sp³-hybridized carbons (Fsp3) is 0.176. The van der Waals surface area contributed by atoms with Crippen LogP contribution in [0.4, 0.5) is 5.69 Å². The van der Waals surface area contributed by atoms with Gasteiger partial charge < -0.3 is 15.2 Å². The zero-order valence-corrected chi connectivity index (χ0v) is 15.0. The number of carbonyl (C=O) groups is 1. The molecule has 24 heavy (non-hydrogen) atoms. The summed E-state index contributed by atoms with van der Waals surface area (Å²) in [6.07, 6.45) is 0. The molecule has 0 radical (unpaired) electrons. The first-order chi connectivity index (χ1) is 11.5. The van der Waals surface area contributed by atoms with Crippen LogP contribution in [0.5, 0.6) is 11.5 Å². The van der Waals surface area contributed by atoms with Gasteiger partial charge in [0.25, 0.3) is 5.91 Å². The van der Waals surface area contributed by atoms with Crippen LogP contribution in [0.25, 0.3) is 0 Å². The molecule has 2 rings (SSSR count). The fourth-order valence-electron chi connectivity index (χ4n) is 1.87. The van der Waals surface area contributed by atoms with Crippen molar-refractivity contribution < 1.29 is 14.3 Å². The van der Waals surface area contributed by atoms with Crippen molar-refractivity contribution in [2.75, 3.05) is 19.5 Å². The number of hydrogen-bond acceptors (Lipinski definition) is 5. The van der Waals surface area contributed by atoms with Gasteiger partial charge in [-0.05, 0) is 42.8 Å². The van der Waals surface area contributed by atoms with Crippen LogP contribution < -0.4 is 20.6 Å². The van der Waals surface area contributed by atoms with Crippen LogP contribution >= 0.6 is 15.9 Å². The van der Waals surface area contributed by atoms with E-state index in [2.05, 4.69) is 26.5 Å². The van der Waals surface area contributed by atoms with Crippen LogP contribution in [0.3, 0.4) is 0 Å². The molecule has 0 atom stereocenters. The van der Waals surface area contributed by atoms with E-state index in [0.717, 1.165) is 10.0 Å². The molecule has 0 aliphatic heterocycles. The predicted molar refractivity (Wildman–Crippen MR) is 97.4 cm³/mol. The van der Waals surface area contributed by atoms with E-state index in [9.17, 15) is 4.79 Å². The number of nitrogen functional groups attached to an aromatic ring is 1. The van der Waals surface area contributed by atoms with Crippen molar-refractivity contribution in [3.8, 4) is 11.5 Å². The maximum absolute atomic E-state index is 11.9. The highest BCUT2D eigenvalue weighted by molar-refractivity contribution is 9.10. The predicted octanol–water partition coefficient (Wildman–Crippen LogP) is 2.96. The third-order valence-electron chi connectivity index (χ3n) is 3.16. The van der Waals surface area contributed by atoms with Gasteiger partial charge in [-0.25, -0.2) is 5.43 Å². The third-order valence-corrected chi connectivity index (χ3v) is 3.65. The van der Waals surface area contributed by atoms with Gasteiger partial charge in [-0.1, -0.05) is 28.1 Å². The molecule has 126 valence electrons. The van der Waals surface area contributed by atoms with Gasteiger partial charge in [0, 0.05) is 10.2 Å². The number of halogens is 1. The molecule has 2 aromatic rings. The second kappa shape index (κ2) is 8.35. The SMILES string of the molecule is COc1cc(Br)ccc1OCC(=O)N/N=C(/C)c1ccc(N)cc1. The quantitative estimate of drug-likeness (QED) is 0.450. The summed E-state index contributed by atoms with van der Waals surface area (Å²) in [4.78, 5) is 11.9. The van der Waals surface area contributed by atoms with Crippen LogP contribution in [0.15, 0.2) is 52.0 Å². The van der Waals surface area contributed by atoms with Crippen LogP contribution in [0.2, 0.25) is 0 Å². The van der Waals surface area contributed by atoms with Crippen LogP contribution in [0, 0.1) is 0 Å². The minimum Gasteiger partial charge on any atom is -0.493 e. The van der Waals surface area contributed by atoms with Crippen LogP contribution in [-0.4, -0.2) is 25.3 Å². The van der Waals surface area contributed by atoms with Crippen molar-refractivity contribution in [3.05, 3.63) is 52.5 Å². The van der Waals surface area contributed by atoms with Gasteiger partial charge in [-0.2, -0.15) is 5.10 Å². The average molecular weight is 392 g/mol. The molecule has 0 aliphatic carbocycles. The molecule has 0 saturated heterocycles. The number of hydrazone groups is 1. The van der Waals surface area contributed by atoms with Gasteiger partial charge in [0.1, 0.15) is 0 Å². The molecule has 6 nitrogen and oxygen atoms in total. The summed E-state index contributed by atoms with van der Waals surface area (Å²) in [6.45, 7) is 1.63. The molecule has 7 heteroatoms. The van der Waals surface area contributed by atoms with Gasteiger partial charge in [0.15, 0.2) is 18.1 Å². The second-order valence-electron chi connectivity index (χ2n) is 4.94. The Hall–Kier alpha value is -2.54. The van der Waals surface area contributed by atoms with E-state index in [0.29, 0.717) is 22.9 Å². The molecular formula is C17H18BrN3O3. The Bertz CT molecular complexity index is 745. The van der Waals surface area contributed by atoms with E-state index in [1.165, 1.54) is 7.11 Å². The summed E-state index contributed by atoms with van der Waals surface area (Å²) < 4.78 is 11.5. The van der Waals surface area contributed by atoms with Crippen molar-refractivity contribution in [1.82, 2.24) is 5.43 Å². The van der Waals surface area contributed by atoms with Crippen molar-refractivity contribution in [3.63, 3.8) is 0 Å². The first kappa shape index (κ1) is 17.8. The third kappa shape index (κ3) is 4.99. The number of rotatable bonds is 6. The van der Waals surface area contributed by atoms with E-state index >= 15 is 0 Å². The van der Waals surface area contributed by atoms with Crippen molar-refractivity contribution in [2.45, 2.75) is 6.92 Å². The Morgan fingerprint density at radius 1 is 1.21 bits per heavy atom. The maximum atomic E-state index is 11.9. The largest absolute Gasteiger partial charge is 0.493 e. The zero-order chi connectivity index (χ0) is 17.5. The first-order valence-electron chi connectivity index (χ1n) is 7.15. The molecule has 0 saturated carbocycles. The highest BCUT2D eigenvalue weighted by Crippen LogP contribution is 2.29. The Labute approximate surface area is 148 Å². The Balaban J connectivity index is 1.91. The van der Waals surface area contributed by atoms with Crippen molar-refractivity contribution >= 4 is 33.2 Å². The molecule has 3 N–H and O–H groups in total. The molecular weight excluding hydrogens is 374 g/mol. The molecule has 0 unspecified atom stereocenters. The average Bonchev–Trinajstić information content (AvgIpc) is 2.59. The normalized spacial score (nSPS) is 11.0. The summed E-state index contributed by atoms with van der Waals surface area (Å²) in [5.74, 6) is 0.656. The van der Waals surface area contributed by atoms with E-state index in [1.54, 1.807) is 37.3 Å². The topological polar surface area (TPSA) is 85.9 Å². The molecule has 2 aromatic carbocycles. The number of anilines is 1. The zero-order valence-electron chi connectivity index (χ0n) is 13.4. The number of nitrogens with two attached hydrogens (primary N) is 1. The number of methoxy groups -OCH3 is 1. The summed E-state index contributed by atoms with van der Waals surface area (Å²) in [5, 5.41) is 4.05. The number of amides is 1. The molecule has 0 aromatic heterocycles. The summed E-state index contributed by atoms with van der Waals surface area (Å²) in [7, 11) is 1.54. The van der Waals surface area contributed by atoms with E-state index < -0.39 is 0 Å². The number of hydrogen-bond donors (Lipinski definition) is 2. The minimum atomic E-state index is -0.366. The molecule has 0 bridgehead atoms. The number of nitrogens with one attached hydrogen (secondary N) is 1. The smallest absolute Gasteiger partial charge is 0.277 e. The first-order valence-corrected chi connectivity index (χ1v) is 7.94. The monoisotopic (exact) mass is 391 g/mol. The number of ether oxygens (including phenoxy) is 2. The van der Waals surface area contributed by atoms with Crippen LogP contribution in [0.1, 0.15) is 12.5 Å². The number of carbonyl (C=O) groups excluding carboxylic acids is 1. The fourth-order valence-corrected chi connectivity index (χ4v) is 2.21. The number of nitrogens with zero attached hydrogens (tertiary/aromatic N) is 1. The van der Waals surface area contributed by atoms with E-state index in [4.69, 9.17) is 15.2 Å². The Kier molecular flexibility index (Phi) is 6.20. The lowest BCUT2D eigenvalue weighted by atomic mass is 10.1. The van der Waals surface area contributed by atoms with Gasteiger partial charge >= 0.3 is 0 Å². The lowest BCUT2D eigenvalue weighted by Gasteiger charge is -2.10. The van der Waals surface area contributed by atoms with E-state index in [-0.39, 0.29) is 12.5 Å². The van der Waals surface area contributed by atoms with Gasteiger partial charge in [0.05, 0.1) is 12.8 Å². The summed E-state index contributed by atoms with van der Waals surface area (Å²) in [6, 6.07) is 12.5. The number of benzene rings is 2. The van der Waals surface area contributed by atoms with E-state index in [1.807, 2.05) is 12.1 Å². The molecule has 0 spiro atoms. The lowest BCUT2D eigenvalue weighted by molar-refractivity contribution is -0.123. The highest BCUT2D eigenvalue weighted by Gasteiger charge is 2.08. The highest BCUT2D eigenvalue weighted by atomic mass is 79.9. The maximum Gasteiger partial charge on any atom is 0.277 e.